The Labute approximate surface area is 202 Å². The molecule has 0 fully saturated rings. The molecular weight excluding hydrogens is 447 g/mol. The van der Waals surface area contributed by atoms with Crippen molar-refractivity contribution in [2.24, 2.45) is 0 Å². The lowest BCUT2D eigenvalue weighted by Crippen LogP contribution is -2.61. The molecule has 5 rings (SSSR count). The second-order valence-corrected chi connectivity index (χ2v) is 9.34. The van der Waals surface area contributed by atoms with E-state index in [0.29, 0.717) is 40.7 Å². The Hall–Kier alpha value is -3.55. The molecule has 35 heavy (non-hydrogen) atoms. The predicted molar refractivity (Wildman–Crippen MR) is 135 cm³/mol. The zero-order chi connectivity index (χ0) is 25.2. The lowest BCUT2D eigenvalue weighted by molar-refractivity contribution is 0.101. The van der Waals surface area contributed by atoms with Crippen molar-refractivity contribution in [2.75, 3.05) is 0 Å². The van der Waals surface area contributed by atoms with Gasteiger partial charge in [-0.15, -0.1) is 0 Å². The van der Waals surface area contributed by atoms with E-state index < -0.39 is 12.5 Å². The molecule has 0 bridgehead atoms. The molecule has 180 valence electrons. The average Bonchev–Trinajstić information content (AvgIpc) is 3.32. The molecule has 2 aliphatic rings. The van der Waals surface area contributed by atoms with Gasteiger partial charge in [-0.3, -0.25) is 4.79 Å². The van der Waals surface area contributed by atoms with Crippen molar-refractivity contribution in [3.05, 3.63) is 96.8 Å². The molecule has 1 aromatic carbocycles. The van der Waals surface area contributed by atoms with Crippen molar-refractivity contribution >= 4 is 24.4 Å². The Kier molecular flexibility index (Phi) is 5.31. The molecule has 0 spiro atoms. The van der Waals surface area contributed by atoms with E-state index in [1.807, 2.05) is 51.1 Å². The molecule has 0 saturated heterocycles. The van der Waals surface area contributed by atoms with E-state index in [-0.39, 0.29) is 23.4 Å². The molecule has 0 atom stereocenters. The van der Waals surface area contributed by atoms with E-state index >= 15 is 8.63 Å². The number of allylic oxidation sites excluding steroid dienone is 1. The standard InChI is InChI=1S/C27H28BF2N3O2/c1-6-13-31-26-20(14-22(18(5)34)27(31)35)15-23-24(19-11-9-8-10-12-19)25-16(3)21(7-2)17(4)32(25)28(29,30)33(23)26/h8-12,14-15H,6-7,13H2,1-5H3. The number of benzene rings is 1. The third-order valence-electron chi connectivity index (χ3n) is 7.27. The molecule has 0 N–H and O–H groups in total. The van der Waals surface area contributed by atoms with Crippen LogP contribution < -0.4 is 20.8 Å². The van der Waals surface area contributed by atoms with E-state index in [9.17, 15) is 9.59 Å². The van der Waals surface area contributed by atoms with Crippen molar-refractivity contribution in [3.63, 3.8) is 0 Å². The van der Waals surface area contributed by atoms with Crippen LogP contribution in [-0.2, 0) is 13.0 Å². The topological polar surface area (TPSA) is 47.0 Å². The van der Waals surface area contributed by atoms with Crippen LogP contribution >= 0.6 is 0 Å². The maximum atomic E-state index is 16.6. The van der Waals surface area contributed by atoms with Gasteiger partial charge in [-0.05, 0) is 68.1 Å². The molecule has 0 saturated carbocycles. The van der Waals surface area contributed by atoms with Crippen LogP contribution in [0.5, 0.6) is 0 Å². The molecule has 4 heterocycles. The first-order chi connectivity index (χ1) is 16.6. The van der Waals surface area contributed by atoms with Gasteiger partial charge in [0.1, 0.15) is 5.56 Å². The minimum Gasteiger partial charge on any atom is -0.419 e. The van der Waals surface area contributed by atoms with Gasteiger partial charge in [0.2, 0.25) is 0 Å². The van der Waals surface area contributed by atoms with Gasteiger partial charge in [0.25, 0.3) is 5.49 Å². The largest absolute Gasteiger partial charge is 0.639 e. The number of halogens is 2. The summed E-state index contributed by atoms with van der Waals surface area (Å²) in [6.45, 7) is 4.78. The molecule has 8 heteroatoms. The SMILES string of the molecule is CCCn1c(=O)c(C(C)=O)cc2c1=[N+]1C(=C(c3ccccc3)c3c(C)c(CC)c(C)n3[B-]1(F)F)C=2. The Morgan fingerprint density at radius 2 is 1.80 bits per heavy atom. The minimum absolute atomic E-state index is 0.0196. The Balaban J connectivity index is 2.06. The van der Waals surface area contributed by atoms with Crippen LogP contribution in [0.4, 0.5) is 8.63 Å². The first-order valence-corrected chi connectivity index (χ1v) is 12.1. The van der Waals surface area contributed by atoms with E-state index in [4.69, 9.17) is 0 Å². The van der Waals surface area contributed by atoms with Gasteiger partial charge in [0, 0.05) is 11.3 Å². The van der Waals surface area contributed by atoms with Crippen LogP contribution in [0.25, 0.3) is 11.6 Å². The van der Waals surface area contributed by atoms with Crippen molar-refractivity contribution in [1.82, 2.24) is 13.5 Å². The second kappa shape index (κ2) is 8.00. The van der Waals surface area contributed by atoms with E-state index in [0.717, 1.165) is 21.2 Å². The van der Waals surface area contributed by atoms with Gasteiger partial charge in [-0.2, -0.15) is 4.57 Å². The second-order valence-electron chi connectivity index (χ2n) is 9.34. The maximum absolute atomic E-state index is 16.6. The first kappa shape index (κ1) is 23.2. The van der Waals surface area contributed by atoms with Gasteiger partial charge in [0.15, 0.2) is 5.78 Å². The highest BCUT2D eigenvalue weighted by atomic mass is 19.2. The lowest BCUT2D eigenvalue weighted by atomic mass is 9.85. The normalized spacial score (nSPS) is 15.6. The minimum atomic E-state index is -4.31. The Morgan fingerprint density at radius 1 is 1.11 bits per heavy atom. The zero-order valence-electron chi connectivity index (χ0n) is 20.7. The molecular formula is C27H28BF2N3O2. The molecule has 2 aliphatic heterocycles. The number of Topliss-reactive ketones (excluding diaryl/α,β-unsaturated/α-hetero) is 1. The molecule has 0 radical (unpaired) electrons. The lowest BCUT2D eigenvalue weighted by Gasteiger charge is -2.36. The van der Waals surface area contributed by atoms with Crippen molar-refractivity contribution in [3.8, 4) is 0 Å². The van der Waals surface area contributed by atoms with Crippen LogP contribution in [0.1, 0.15) is 65.6 Å². The van der Waals surface area contributed by atoms with Crippen LogP contribution in [0.2, 0.25) is 0 Å². The summed E-state index contributed by atoms with van der Waals surface area (Å²) < 4.78 is 36.9. The summed E-state index contributed by atoms with van der Waals surface area (Å²) in [5.74, 6) is -0.374. The number of aromatic nitrogens is 2. The molecule has 2 aromatic heterocycles. The Bertz CT molecular complexity index is 1630. The van der Waals surface area contributed by atoms with Crippen molar-refractivity contribution < 1.29 is 13.4 Å². The molecule has 5 nitrogen and oxygen atoms in total. The molecule has 0 unspecified atom stereocenters. The number of carbonyl (C=O) groups is 1. The fraction of sp³-hybridized carbons (Fsp3) is 0.296. The van der Waals surface area contributed by atoms with E-state index in [1.54, 1.807) is 13.0 Å². The smallest absolute Gasteiger partial charge is 0.419 e. The number of hydrogen-bond donors (Lipinski definition) is 0. The maximum Gasteiger partial charge on any atom is 0.639 e. The van der Waals surface area contributed by atoms with Crippen LogP contribution in [-0.4, -0.2) is 21.8 Å². The Morgan fingerprint density at radius 3 is 2.40 bits per heavy atom. The fourth-order valence-electron chi connectivity index (χ4n) is 5.83. The predicted octanol–water partition coefficient (Wildman–Crippen LogP) is 3.42. The van der Waals surface area contributed by atoms with Gasteiger partial charge in [-0.25, -0.2) is 4.79 Å². The zero-order valence-corrected chi connectivity index (χ0v) is 20.7. The summed E-state index contributed by atoms with van der Waals surface area (Å²) in [6, 6.07) is 11.0. The highest BCUT2D eigenvalue weighted by Crippen LogP contribution is 2.41. The summed E-state index contributed by atoms with van der Waals surface area (Å²) in [4.78, 5) is 25.5. The summed E-state index contributed by atoms with van der Waals surface area (Å²) in [5, 5.41) is 0.463. The quantitative estimate of drug-likeness (QED) is 0.420. The van der Waals surface area contributed by atoms with Gasteiger partial charge in [0.05, 0.1) is 17.5 Å². The highest BCUT2D eigenvalue weighted by Gasteiger charge is 2.50. The van der Waals surface area contributed by atoms with Crippen LogP contribution in [0.3, 0.4) is 0 Å². The summed E-state index contributed by atoms with van der Waals surface area (Å²) in [5.41, 5.74) is 4.34. The number of nitrogens with zero attached hydrogens (tertiary/aromatic N) is 3. The fourth-order valence-corrected chi connectivity index (χ4v) is 5.83. The number of pyridine rings is 1. The number of ketones is 1. The van der Waals surface area contributed by atoms with Crippen LogP contribution in [0, 0.1) is 13.8 Å². The van der Waals surface area contributed by atoms with Gasteiger partial charge < -0.3 is 17.6 Å². The third kappa shape index (κ3) is 3.08. The summed E-state index contributed by atoms with van der Waals surface area (Å²) in [7, 11) is 0. The van der Waals surface area contributed by atoms with Crippen molar-refractivity contribution in [1.29, 1.82) is 0 Å². The summed E-state index contributed by atoms with van der Waals surface area (Å²) in [6.07, 6.45) is 2.92. The first-order valence-electron chi connectivity index (χ1n) is 12.1. The molecule has 3 aromatic rings. The van der Waals surface area contributed by atoms with Gasteiger partial charge in [-0.1, -0.05) is 44.2 Å². The number of carbonyl (C=O) groups excluding carboxylic acids is 1. The van der Waals surface area contributed by atoms with E-state index in [2.05, 4.69) is 0 Å². The monoisotopic (exact) mass is 475 g/mol. The molecule has 0 amide bonds. The summed E-state index contributed by atoms with van der Waals surface area (Å²) >= 11 is 0. The van der Waals surface area contributed by atoms with Gasteiger partial charge >= 0.3 is 12.5 Å². The number of rotatable bonds is 5. The van der Waals surface area contributed by atoms with Crippen LogP contribution in [0.15, 0.2) is 46.9 Å². The third-order valence-corrected chi connectivity index (χ3v) is 7.27. The highest BCUT2D eigenvalue weighted by molar-refractivity contribution is 6.64. The number of hydrogen-bond acceptors (Lipinski definition) is 2. The average molecular weight is 475 g/mol. The number of fused-ring (bicyclic) bond motifs is 3. The van der Waals surface area contributed by atoms with Crippen molar-refractivity contribution in [2.45, 2.75) is 54.0 Å². The molecule has 0 aliphatic carbocycles. The van der Waals surface area contributed by atoms with E-state index in [1.165, 1.54) is 22.0 Å².